The summed E-state index contributed by atoms with van der Waals surface area (Å²) in [5.41, 5.74) is 0.787. The Labute approximate surface area is 115 Å². The first kappa shape index (κ1) is 13.4. The quantitative estimate of drug-likeness (QED) is 0.885. The molecule has 2 aromatic rings. The highest BCUT2D eigenvalue weighted by Crippen LogP contribution is 2.22. The van der Waals surface area contributed by atoms with E-state index in [1.807, 2.05) is 0 Å². The van der Waals surface area contributed by atoms with Crippen LogP contribution in [-0.4, -0.2) is 6.09 Å². The van der Waals surface area contributed by atoms with Gasteiger partial charge in [-0.2, -0.15) is 0 Å². The first-order chi connectivity index (χ1) is 9.06. The minimum absolute atomic E-state index is 0.0686. The lowest BCUT2D eigenvalue weighted by molar-refractivity contribution is 0.214. The second-order valence-electron chi connectivity index (χ2n) is 3.90. The summed E-state index contributed by atoms with van der Waals surface area (Å²) in [6.07, 6.45) is -0.754. The van der Waals surface area contributed by atoms with Crippen LogP contribution in [0.4, 0.5) is 14.9 Å². The van der Waals surface area contributed by atoms with Crippen LogP contribution in [0.15, 0.2) is 42.5 Å². The second kappa shape index (κ2) is 5.71. The zero-order valence-electron chi connectivity index (χ0n) is 10.1. The highest BCUT2D eigenvalue weighted by Gasteiger charge is 2.10. The molecule has 0 radical (unpaired) electrons. The fourth-order valence-corrected chi connectivity index (χ4v) is 1.75. The molecular weight excluding hydrogens is 269 g/mol. The van der Waals surface area contributed by atoms with Gasteiger partial charge in [0, 0.05) is 5.02 Å². The molecule has 0 aromatic heterocycles. The summed E-state index contributed by atoms with van der Waals surface area (Å²) >= 11 is 5.80. The van der Waals surface area contributed by atoms with Gasteiger partial charge in [0.05, 0.1) is 5.69 Å². The van der Waals surface area contributed by atoms with Gasteiger partial charge >= 0.3 is 6.09 Å². The van der Waals surface area contributed by atoms with E-state index in [2.05, 4.69) is 5.32 Å². The SMILES string of the molecule is Cc1cc(Cl)ccc1OC(=O)Nc1ccccc1F. The summed E-state index contributed by atoms with van der Waals surface area (Å²) in [6, 6.07) is 10.7. The van der Waals surface area contributed by atoms with Crippen LogP contribution >= 0.6 is 11.6 Å². The van der Waals surface area contributed by atoms with Gasteiger partial charge in [0.2, 0.25) is 0 Å². The van der Waals surface area contributed by atoms with Crippen LogP contribution in [0.1, 0.15) is 5.56 Å². The van der Waals surface area contributed by atoms with Crippen molar-refractivity contribution in [3.63, 3.8) is 0 Å². The monoisotopic (exact) mass is 279 g/mol. The molecule has 98 valence electrons. The number of ether oxygens (including phenoxy) is 1. The van der Waals surface area contributed by atoms with Gasteiger partial charge in [-0.1, -0.05) is 23.7 Å². The lowest BCUT2D eigenvalue weighted by Gasteiger charge is -2.09. The number of hydrogen-bond acceptors (Lipinski definition) is 2. The fourth-order valence-electron chi connectivity index (χ4n) is 1.53. The average molecular weight is 280 g/mol. The molecule has 0 heterocycles. The molecule has 19 heavy (non-hydrogen) atoms. The minimum Gasteiger partial charge on any atom is -0.410 e. The van der Waals surface area contributed by atoms with Crippen molar-refractivity contribution in [2.45, 2.75) is 6.92 Å². The number of carbonyl (C=O) groups excluding carboxylic acids is 1. The van der Waals surface area contributed by atoms with Gasteiger partial charge in [0.15, 0.2) is 0 Å². The fraction of sp³-hybridized carbons (Fsp3) is 0.0714. The Morgan fingerprint density at radius 1 is 1.26 bits per heavy atom. The van der Waals surface area contributed by atoms with Crippen molar-refractivity contribution in [1.29, 1.82) is 0 Å². The normalized spacial score (nSPS) is 10.1. The van der Waals surface area contributed by atoms with E-state index in [0.717, 1.165) is 5.56 Å². The van der Waals surface area contributed by atoms with E-state index in [4.69, 9.17) is 16.3 Å². The predicted octanol–water partition coefficient (Wildman–Crippen LogP) is 4.40. The van der Waals surface area contributed by atoms with Gasteiger partial charge in [-0.15, -0.1) is 0 Å². The Morgan fingerprint density at radius 3 is 2.68 bits per heavy atom. The summed E-state index contributed by atoms with van der Waals surface area (Å²) < 4.78 is 18.4. The Kier molecular flexibility index (Phi) is 4.02. The van der Waals surface area contributed by atoms with E-state index < -0.39 is 11.9 Å². The summed E-state index contributed by atoms with van der Waals surface area (Å²) in [7, 11) is 0. The maximum Gasteiger partial charge on any atom is 0.417 e. The van der Waals surface area contributed by atoms with E-state index in [1.54, 1.807) is 31.2 Å². The number of nitrogens with one attached hydrogen (secondary N) is 1. The highest BCUT2D eigenvalue weighted by atomic mass is 35.5. The van der Waals surface area contributed by atoms with E-state index >= 15 is 0 Å². The molecule has 0 aliphatic rings. The van der Waals surface area contributed by atoms with Crippen LogP contribution in [0.3, 0.4) is 0 Å². The predicted molar refractivity (Wildman–Crippen MR) is 72.2 cm³/mol. The van der Waals surface area contributed by atoms with Crippen LogP contribution in [0.5, 0.6) is 5.75 Å². The highest BCUT2D eigenvalue weighted by molar-refractivity contribution is 6.30. The molecule has 2 aromatic carbocycles. The van der Waals surface area contributed by atoms with Gasteiger partial charge in [-0.3, -0.25) is 5.32 Å². The van der Waals surface area contributed by atoms with Gasteiger partial charge in [0.1, 0.15) is 11.6 Å². The molecule has 2 rings (SSSR count). The van der Waals surface area contributed by atoms with Gasteiger partial charge in [-0.25, -0.2) is 9.18 Å². The Bertz CT molecular complexity index is 616. The maximum atomic E-state index is 13.3. The second-order valence-corrected chi connectivity index (χ2v) is 4.34. The van der Waals surface area contributed by atoms with E-state index in [0.29, 0.717) is 10.8 Å². The van der Waals surface area contributed by atoms with Crippen LogP contribution in [0, 0.1) is 12.7 Å². The van der Waals surface area contributed by atoms with Crippen molar-refractivity contribution in [3.8, 4) is 5.75 Å². The maximum absolute atomic E-state index is 13.3. The molecular formula is C14H11ClFNO2. The molecule has 0 aliphatic carbocycles. The number of anilines is 1. The first-order valence-electron chi connectivity index (χ1n) is 5.56. The lowest BCUT2D eigenvalue weighted by atomic mass is 10.2. The molecule has 1 amide bonds. The summed E-state index contributed by atoms with van der Waals surface area (Å²) in [6.45, 7) is 1.76. The summed E-state index contributed by atoms with van der Waals surface area (Å²) in [4.78, 5) is 11.6. The molecule has 0 saturated carbocycles. The molecule has 0 unspecified atom stereocenters. The van der Waals surface area contributed by atoms with Crippen LogP contribution in [-0.2, 0) is 0 Å². The molecule has 0 aliphatic heterocycles. The third kappa shape index (κ3) is 3.45. The van der Waals surface area contributed by atoms with Crippen molar-refractivity contribution in [2.75, 3.05) is 5.32 Å². The number of carbonyl (C=O) groups is 1. The van der Waals surface area contributed by atoms with Crippen molar-refractivity contribution in [1.82, 2.24) is 0 Å². The summed E-state index contributed by atoms with van der Waals surface area (Å²) in [5.74, 6) is -0.148. The number of halogens is 2. The van der Waals surface area contributed by atoms with Crippen LogP contribution in [0.25, 0.3) is 0 Å². The third-order valence-electron chi connectivity index (χ3n) is 2.45. The zero-order valence-corrected chi connectivity index (χ0v) is 10.9. The molecule has 0 saturated heterocycles. The lowest BCUT2D eigenvalue weighted by Crippen LogP contribution is -2.17. The number of rotatable bonds is 2. The van der Waals surface area contributed by atoms with Gasteiger partial charge < -0.3 is 4.74 Å². The molecule has 0 atom stereocenters. The third-order valence-corrected chi connectivity index (χ3v) is 2.69. The number of amides is 1. The smallest absolute Gasteiger partial charge is 0.410 e. The Hall–Kier alpha value is -2.07. The molecule has 5 heteroatoms. The van der Waals surface area contributed by atoms with Crippen molar-refractivity contribution in [3.05, 3.63) is 58.9 Å². The topological polar surface area (TPSA) is 38.3 Å². The van der Waals surface area contributed by atoms with E-state index in [9.17, 15) is 9.18 Å². The van der Waals surface area contributed by atoms with Gasteiger partial charge in [-0.05, 0) is 42.8 Å². The molecule has 0 bridgehead atoms. The Balaban J connectivity index is 2.08. The average Bonchev–Trinajstić information content (AvgIpc) is 2.36. The molecule has 3 nitrogen and oxygen atoms in total. The number of para-hydroxylation sites is 1. The molecule has 1 N–H and O–H groups in total. The molecule has 0 spiro atoms. The molecule has 0 fully saturated rings. The van der Waals surface area contributed by atoms with Crippen LogP contribution in [0.2, 0.25) is 5.02 Å². The number of hydrogen-bond donors (Lipinski definition) is 1. The standard InChI is InChI=1S/C14H11ClFNO2/c1-9-8-10(15)6-7-13(9)19-14(18)17-12-5-3-2-4-11(12)16/h2-8H,1H3,(H,17,18). The van der Waals surface area contributed by atoms with E-state index in [1.165, 1.54) is 18.2 Å². The van der Waals surface area contributed by atoms with Crippen molar-refractivity contribution >= 4 is 23.4 Å². The van der Waals surface area contributed by atoms with E-state index in [-0.39, 0.29) is 5.69 Å². The van der Waals surface area contributed by atoms with Crippen LogP contribution < -0.4 is 10.1 Å². The number of benzene rings is 2. The summed E-state index contributed by atoms with van der Waals surface area (Å²) in [5, 5.41) is 2.89. The minimum atomic E-state index is -0.754. The van der Waals surface area contributed by atoms with Crippen molar-refractivity contribution in [2.24, 2.45) is 0 Å². The number of aryl methyl sites for hydroxylation is 1. The van der Waals surface area contributed by atoms with Gasteiger partial charge in [0.25, 0.3) is 0 Å². The van der Waals surface area contributed by atoms with Crippen molar-refractivity contribution < 1.29 is 13.9 Å². The zero-order chi connectivity index (χ0) is 13.8. The Morgan fingerprint density at radius 2 is 2.00 bits per heavy atom. The largest absolute Gasteiger partial charge is 0.417 e. The first-order valence-corrected chi connectivity index (χ1v) is 5.93.